The zero-order chi connectivity index (χ0) is 20.8. The van der Waals surface area contributed by atoms with Crippen LogP contribution in [0.5, 0.6) is 0 Å². The molecule has 29 heavy (non-hydrogen) atoms. The first-order valence-electron chi connectivity index (χ1n) is 8.54. The lowest BCUT2D eigenvalue weighted by atomic mass is 10.1. The van der Waals surface area contributed by atoms with Crippen LogP contribution in [0.4, 0.5) is 11.4 Å². The van der Waals surface area contributed by atoms with E-state index in [1.54, 1.807) is 0 Å². The molecule has 0 spiro atoms. The third-order valence-electron chi connectivity index (χ3n) is 4.07. The van der Waals surface area contributed by atoms with E-state index < -0.39 is 23.4 Å². The molecule has 0 bridgehead atoms. The van der Waals surface area contributed by atoms with Gasteiger partial charge < -0.3 is 15.8 Å². The van der Waals surface area contributed by atoms with Gasteiger partial charge in [-0.2, -0.15) is 0 Å². The van der Waals surface area contributed by atoms with E-state index in [4.69, 9.17) is 10.5 Å². The van der Waals surface area contributed by atoms with Gasteiger partial charge >= 0.3 is 5.97 Å². The third kappa shape index (κ3) is 4.96. The molecule has 0 aliphatic rings. The lowest BCUT2D eigenvalue weighted by molar-refractivity contribution is -0.384. The predicted octanol–water partition coefficient (Wildman–Crippen LogP) is 3.30. The number of anilines is 1. The summed E-state index contributed by atoms with van der Waals surface area (Å²) in [6, 6.07) is 16.2. The second-order valence-electron chi connectivity index (χ2n) is 6.03. The molecule has 1 aromatic heterocycles. The number of ether oxygens (including phenoxy) is 1. The maximum absolute atomic E-state index is 12.4. The Kier molecular flexibility index (Phi) is 6.20. The van der Waals surface area contributed by atoms with E-state index in [2.05, 4.69) is 5.32 Å². The van der Waals surface area contributed by atoms with Crippen LogP contribution >= 0.6 is 11.3 Å². The van der Waals surface area contributed by atoms with Crippen LogP contribution in [0.1, 0.15) is 26.8 Å². The van der Waals surface area contributed by atoms with Crippen molar-refractivity contribution in [3.05, 3.63) is 92.2 Å². The van der Waals surface area contributed by atoms with Crippen molar-refractivity contribution >= 4 is 34.6 Å². The van der Waals surface area contributed by atoms with Gasteiger partial charge in [-0.3, -0.25) is 14.9 Å². The first kappa shape index (κ1) is 20.0. The van der Waals surface area contributed by atoms with Crippen LogP contribution in [0, 0.1) is 10.1 Å². The van der Waals surface area contributed by atoms with Crippen molar-refractivity contribution in [2.45, 2.75) is 6.04 Å². The lowest BCUT2D eigenvalue weighted by Crippen LogP contribution is -2.32. The summed E-state index contributed by atoms with van der Waals surface area (Å²) < 4.78 is 5.01. The average molecular weight is 411 g/mol. The van der Waals surface area contributed by atoms with E-state index in [9.17, 15) is 19.7 Å². The van der Waals surface area contributed by atoms with Gasteiger partial charge in [-0.15, -0.1) is 11.3 Å². The van der Waals surface area contributed by atoms with E-state index in [0.29, 0.717) is 0 Å². The fourth-order valence-corrected chi connectivity index (χ4v) is 3.47. The minimum absolute atomic E-state index is 0.0294. The van der Waals surface area contributed by atoms with Crippen LogP contribution in [0.3, 0.4) is 0 Å². The van der Waals surface area contributed by atoms with Crippen molar-refractivity contribution in [2.75, 3.05) is 12.3 Å². The topological polar surface area (TPSA) is 125 Å². The summed E-state index contributed by atoms with van der Waals surface area (Å²) in [5.74, 6) is -1.42. The van der Waals surface area contributed by atoms with Crippen molar-refractivity contribution in [2.24, 2.45) is 0 Å². The minimum Gasteiger partial charge on any atom is -0.452 e. The molecular weight excluding hydrogens is 394 g/mol. The third-order valence-corrected chi connectivity index (χ3v) is 5.01. The fraction of sp³-hybridized carbons (Fsp3) is 0.100. The molecule has 148 valence electrons. The quantitative estimate of drug-likeness (QED) is 0.266. The summed E-state index contributed by atoms with van der Waals surface area (Å²) >= 11 is 1.49. The highest BCUT2D eigenvalue weighted by Crippen LogP contribution is 2.26. The summed E-state index contributed by atoms with van der Waals surface area (Å²) in [5, 5.41) is 15.6. The number of carbonyl (C=O) groups is 2. The molecule has 1 atom stereocenters. The Bertz CT molecular complexity index is 1020. The van der Waals surface area contributed by atoms with Gasteiger partial charge in [0.1, 0.15) is 0 Å². The molecule has 0 radical (unpaired) electrons. The Morgan fingerprint density at radius 3 is 2.55 bits per heavy atom. The summed E-state index contributed by atoms with van der Waals surface area (Å²) in [6.45, 7) is -0.546. The number of amides is 1. The van der Waals surface area contributed by atoms with Crippen molar-refractivity contribution in [1.29, 1.82) is 0 Å². The standard InChI is InChI=1S/C20H17N3O5S/c21-16-9-8-14(23(26)27)11-15(16)20(25)28-12-18(24)22-19(17-7-4-10-29-17)13-5-2-1-3-6-13/h1-11,19H,12,21H2,(H,22,24)/t19-/m1/s1. The van der Waals surface area contributed by atoms with Crippen molar-refractivity contribution in [3.63, 3.8) is 0 Å². The van der Waals surface area contributed by atoms with Crippen LogP contribution in [0.15, 0.2) is 66.0 Å². The number of benzene rings is 2. The average Bonchev–Trinajstić information content (AvgIpc) is 3.25. The lowest BCUT2D eigenvalue weighted by Gasteiger charge is -2.18. The highest BCUT2D eigenvalue weighted by molar-refractivity contribution is 7.10. The summed E-state index contributed by atoms with van der Waals surface area (Å²) in [7, 11) is 0. The smallest absolute Gasteiger partial charge is 0.341 e. The summed E-state index contributed by atoms with van der Waals surface area (Å²) in [4.78, 5) is 35.8. The van der Waals surface area contributed by atoms with Crippen LogP contribution in [-0.4, -0.2) is 23.4 Å². The van der Waals surface area contributed by atoms with Crippen LogP contribution in [0.25, 0.3) is 0 Å². The number of hydrogen-bond acceptors (Lipinski definition) is 7. The van der Waals surface area contributed by atoms with Crippen molar-refractivity contribution in [3.8, 4) is 0 Å². The number of thiophene rings is 1. The van der Waals surface area contributed by atoms with E-state index in [0.717, 1.165) is 16.5 Å². The van der Waals surface area contributed by atoms with Gasteiger partial charge in [-0.05, 0) is 23.1 Å². The molecule has 0 aliphatic carbocycles. The summed E-state index contributed by atoms with van der Waals surface area (Å²) in [5.41, 5.74) is 6.16. The van der Waals surface area contributed by atoms with Crippen molar-refractivity contribution < 1.29 is 19.2 Å². The van der Waals surface area contributed by atoms with Gasteiger partial charge in [-0.25, -0.2) is 4.79 Å². The van der Waals surface area contributed by atoms with E-state index in [-0.39, 0.29) is 23.0 Å². The van der Waals surface area contributed by atoms with Gasteiger partial charge in [0, 0.05) is 22.7 Å². The Balaban J connectivity index is 1.68. The van der Waals surface area contributed by atoms with E-state index >= 15 is 0 Å². The van der Waals surface area contributed by atoms with E-state index in [1.807, 2.05) is 47.8 Å². The Morgan fingerprint density at radius 1 is 1.14 bits per heavy atom. The number of carbonyl (C=O) groups excluding carboxylic acids is 2. The number of hydrogen-bond donors (Lipinski definition) is 2. The van der Waals surface area contributed by atoms with Crippen LogP contribution in [-0.2, 0) is 9.53 Å². The molecule has 1 heterocycles. The van der Waals surface area contributed by atoms with Crippen LogP contribution < -0.4 is 11.1 Å². The molecule has 8 nitrogen and oxygen atoms in total. The van der Waals surface area contributed by atoms with Gasteiger partial charge in [0.2, 0.25) is 0 Å². The number of nitrogen functional groups attached to an aromatic ring is 1. The highest BCUT2D eigenvalue weighted by Gasteiger charge is 2.21. The maximum Gasteiger partial charge on any atom is 0.341 e. The molecule has 2 aromatic carbocycles. The molecular formula is C20H17N3O5S. The zero-order valence-corrected chi connectivity index (χ0v) is 15.9. The number of rotatable bonds is 7. The zero-order valence-electron chi connectivity index (χ0n) is 15.1. The number of nitro benzene ring substituents is 1. The van der Waals surface area contributed by atoms with Crippen LogP contribution in [0.2, 0.25) is 0 Å². The van der Waals surface area contributed by atoms with Gasteiger partial charge in [0.05, 0.1) is 16.5 Å². The Morgan fingerprint density at radius 2 is 1.90 bits per heavy atom. The monoisotopic (exact) mass is 411 g/mol. The second-order valence-corrected chi connectivity index (χ2v) is 7.01. The molecule has 0 fully saturated rings. The maximum atomic E-state index is 12.4. The number of nitrogens with zero attached hydrogens (tertiary/aromatic N) is 1. The van der Waals surface area contributed by atoms with Gasteiger partial charge in [0.25, 0.3) is 11.6 Å². The molecule has 9 heteroatoms. The molecule has 3 N–H and O–H groups in total. The fourth-order valence-electron chi connectivity index (χ4n) is 2.67. The SMILES string of the molecule is Nc1ccc([N+](=O)[O-])cc1C(=O)OCC(=O)N[C@H](c1ccccc1)c1cccs1. The Hall–Kier alpha value is -3.72. The molecule has 3 aromatic rings. The number of nitrogens with two attached hydrogens (primary N) is 1. The predicted molar refractivity (Wildman–Crippen MR) is 109 cm³/mol. The number of non-ortho nitro benzene ring substituents is 1. The van der Waals surface area contributed by atoms with Gasteiger partial charge in [-0.1, -0.05) is 36.4 Å². The molecule has 0 aliphatic heterocycles. The molecule has 1 amide bonds. The number of nitro groups is 1. The molecule has 0 unspecified atom stereocenters. The van der Waals surface area contributed by atoms with E-state index in [1.165, 1.54) is 23.5 Å². The largest absolute Gasteiger partial charge is 0.452 e. The highest BCUT2D eigenvalue weighted by atomic mass is 32.1. The first-order valence-corrected chi connectivity index (χ1v) is 9.42. The van der Waals surface area contributed by atoms with Crippen molar-refractivity contribution in [1.82, 2.24) is 5.32 Å². The minimum atomic E-state index is -0.909. The molecule has 0 saturated carbocycles. The normalized spacial score (nSPS) is 11.4. The first-order chi connectivity index (χ1) is 14.0. The second kappa shape index (κ2) is 8.98. The van der Waals surface area contributed by atoms with Gasteiger partial charge in [0.15, 0.2) is 6.61 Å². The number of esters is 1. The number of nitrogens with one attached hydrogen (secondary N) is 1. The molecule has 0 saturated heterocycles. The Labute approximate surface area is 170 Å². The molecule has 3 rings (SSSR count). The summed E-state index contributed by atoms with van der Waals surface area (Å²) in [6.07, 6.45) is 0.